The molecule has 0 spiro atoms. The summed E-state index contributed by atoms with van der Waals surface area (Å²) >= 11 is 0. The van der Waals surface area contributed by atoms with Crippen LogP contribution in [-0.2, 0) is 10.0 Å². The lowest BCUT2D eigenvalue weighted by molar-refractivity contribution is 0.507. The summed E-state index contributed by atoms with van der Waals surface area (Å²) in [6.45, 7) is 3.44. The molecule has 2 unspecified atom stereocenters. The van der Waals surface area contributed by atoms with E-state index < -0.39 is 20.9 Å². The molecule has 0 aliphatic carbocycles. The van der Waals surface area contributed by atoms with Gasteiger partial charge in [-0.3, -0.25) is 0 Å². The van der Waals surface area contributed by atoms with Crippen LogP contribution in [-0.4, -0.2) is 25.5 Å². The highest BCUT2D eigenvalue weighted by atomic mass is 32.2. The van der Waals surface area contributed by atoms with Gasteiger partial charge < -0.3 is 5.73 Å². The lowest BCUT2D eigenvalue weighted by Crippen LogP contribution is -2.37. The number of sulfonamides is 1. The summed E-state index contributed by atoms with van der Waals surface area (Å²) in [5.74, 6) is -0.868. The van der Waals surface area contributed by atoms with Gasteiger partial charge in [-0.15, -0.1) is 0 Å². The largest absolute Gasteiger partial charge is 0.328 e. The fourth-order valence-corrected chi connectivity index (χ4v) is 2.76. The number of nitrogens with one attached hydrogen (secondary N) is 1. The first-order chi connectivity index (χ1) is 7.83. The quantitative estimate of drug-likeness (QED) is 0.814. The molecule has 1 heterocycles. The van der Waals surface area contributed by atoms with Gasteiger partial charge in [-0.1, -0.05) is 0 Å². The molecule has 1 rings (SSSR count). The Labute approximate surface area is 100 Å². The number of halogens is 1. The third kappa shape index (κ3) is 4.03. The van der Waals surface area contributed by atoms with E-state index in [0.29, 0.717) is 6.42 Å². The molecule has 0 bridgehead atoms. The zero-order chi connectivity index (χ0) is 13.1. The molecule has 0 aromatic carbocycles. The zero-order valence-corrected chi connectivity index (χ0v) is 10.5. The number of rotatable bonds is 5. The van der Waals surface area contributed by atoms with E-state index in [0.717, 1.165) is 6.07 Å². The Morgan fingerprint density at radius 1 is 1.53 bits per heavy atom. The molecule has 1 aromatic rings. The lowest BCUT2D eigenvalue weighted by Gasteiger charge is -2.15. The summed E-state index contributed by atoms with van der Waals surface area (Å²) in [4.78, 5) is 3.53. The maximum absolute atomic E-state index is 13.3. The molecule has 1 aromatic heterocycles. The smallest absolute Gasteiger partial charge is 0.261 e. The van der Waals surface area contributed by atoms with Crippen molar-refractivity contribution in [3.63, 3.8) is 0 Å². The number of pyridine rings is 1. The van der Waals surface area contributed by atoms with E-state index in [2.05, 4.69) is 9.71 Å². The molecule has 0 saturated heterocycles. The van der Waals surface area contributed by atoms with Crippen LogP contribution in [0.1, 0.15) is 20.3 Å². The summed E-state index contributed by atoms with van der Waals surface area (Å²) in [5.41, 5.74) is 5.56. The van der Waals surface area contributed by atoms with Gasteiger partial charge in [0.15, 0.2) is 5.82 Å². The van der Waals surface area contributed by atoms with Gasteiger partial charge in [0.05, 0.1) is 0 Å². The fourth-order valence-electron chi connectivity index (χ4n) is 1.50. The van der Waals surface area contributed by atoms with Gasteiger partial charge in [0.1, 0.15) is 0 Å². The maximum atomic E-state index is 13.3. The van der Waals surface area contributed by atoms with Crippen molar-refractivity contribution >= 4 is 10.0 Å². The normalized spacial score (nSPS) is 15.5. The molecule has 0 amide bonds. The molecule has 0 aliphatic heterocycles. The van der Waals surface area contributed by atoms with Crippen LogP contribution in [0.3, 0.4) is 0 Å². The van der Waals surface area contributed by atoms with E-state index in [9.17, 15) is 12.8 Å². The first kappa shape index (κ1) is 14.0. The van der Waals surface area contributed by atoms with Crippen LogP contribution >= 0.6 is 0 Å². The van der Waals surface area contributed by atoms with Gasteiger partial charge in [-0.05, 0) is 32.4 Å². The first-order valence-electron chi connectivity index (χ1n) is 5.21. The zero-order valence-electron chi connectivity index (χ0n) is 9.72. The molecule has 5 nitrogen and oxygen atoms in total. The molecule has 0 aliphatic rings. The molecule has 2 atom stereocenters. The molecule has 17 heavy (non-hydrogen) atoms. The number of nitrogens with two attached hydrogens (primary N) is 1. The number of hydrogen-bond acceptors (Lipinski definition) is 4. The van der Waals surface area contributed by atoms with Crippen LogP contribution in [0.4, 0.5) is 4.39 Å². The Hall–Kier alpha value is -1.05. The fraction of sp³-hybridized carbons (Fsp3) is 0.500. The van der Waals surface area contributed by atoms with Gasteiger partial charge >= 0.3 is 0 Å². The topological polar surface area (TPSA) is 85.1 Å². The average molecular weight is 261 g/mol. The van der Waals surface area contributed by atoms with E-state index in [1.807, 2.05) is 0 Å². The van der Waals surface area contributed by atoms with Gasteiger partial charge in [-0.25, -0.2) is 22.5 Å². The minimum Gasteiger partial charge on any atom is -0.328 e. The number of hydrogen-bond donors (Lipinski definition) is 2. The van der Waals surface area contributed by atoms with Crippen molar-refractivity contribution in [1.29, 1.82) is 0 Å². The van der Waals surface area contributed by atoms with Crippen LogP contribution in [0.25, 0.3) is 0 Å². The Kier molecular flexibility index (Phi) is 4.55. The molecule has 0 fully saturated rings. The maximum Gasteiger partial charge on any atom is 0.261 e. The highest BCUT2D eigenvalue weighted by Crippen LogP contribution is 2.11. The molecular formula is C10H16FN3O2S. The van der Waals surface area contributed by atoms with Gasteiger partial charge in [0.25, 0.3) is 10.0 Å². The standard InChI is InChI=1S/C10H16FN3O2S/c1-7(12)6-8(2)14-17(15,16)10-9(11)4-3-5-13-10/h3-5,7-8,14H,6,12H2,1-2H3. The summed E-state index contributed by atoms with van der Waals surface area (Å²) in [7, 11) is -3.93. The monoisotopic (exact) mass is 261 g/mol. The molecule has 96 valence electrons. The van der Waals surface area contributed by atoms with Crippen molar-refractivity contribution in [3.8, 4) is 0 Å². The van der Waals surface area contributed by atoms with Gasteiger partial charge in [0, 0.05) is 18.3 Å². The highest BCUT2D eigenvalue weighted by molar-refractivity contribution is 7.89. The second-order valence-corrected chi connectivity index (χ2v) is 5.65. The molecule has 0 saturated carbocycles. The summed E-state index contributed by atoms with van der Waals surface area (Å²) in [6.07, 6.45) is 1.70. The minimum absolute atomic E-state index is 0.138. The molecule has 3 N–H and O–H groups in total. The second kappa shape index (κ2) is 5.52. The number of nitrogens with zero attached hydrogens (tertiary/aromatic N) is 1. The third-order valence-corrected chi connectivity index (χ3v) is 3.58. The van der Waals surface area contributed by atoms with E-state index >= 15 is 0 Å². The van der Waals surface area contributed by atoms with Crippen LogP contribution in [0.5, 0.6) is 0 Å². The van der Waals surface area contributed by atoms with Crippen molar-refractivity contribution in [2.45, 2.75) is 37.4 Å². The van der Waals surface area contributed by atoms with Crippen LogP contribution in [0.15, 0.2) is 23.4 Å². The summed E-state index contributed by atoms with van der Waals surface area (Å²) in [6, 6.07) is 1.88. The third-order valence-electron chi connectivity index (χ3n) is 2.06. The van der Waals surface area contributed by atoms with Crippen LogP contribution < -0.4 is 10.5 Å². The molecule has 7 heteroatoms. The second-order valence-electron chi connectivity index (χ2n) is 4.03. The Bertz CT molecular complexity index is 476. The average Bonchev–Trinajstić information content (AvgIpc) is 2.15. The van der Waals surface area contributed by atoms with E-state index in [-0.39, 0.29) is 12.1 Å². The summed E-state index contributed by atoms with van der Waals surface area (Å²) in [5, 5.41) is -0.587. The van der Waals surface area contributed by atoms with Gasteiger partial charge in [0.2, 0.25) is 5.03 Å². The van der Waals surface area contributed by atoms with E-state index in [1.54, 1.807) is 13.8 Å². The minimum atomic E-state index is -3.93. The van der Waals surface area contributed by atoms with E-state index in [1.165, 1.54) is 12.3 Å². The Morgan fingerprint density at radius 2 is 2.18 bits per heavy atom. The summed E-state index contributed by atoms with van der Waals surface area (Å²) < 4.78 is 39.2. The predicted molar refractivity (Wildman–Crippen MR) is 62.2 cm³/mol. The van der Waals surface area contributed by atoms with E-state index in [4.69, 9.17) is 5.73 Å². The SMILES string of the molecule is CC(N)CC(C)NS(=O)(=O)c1ncccc1F. The van der Waals surface area contributed by atoms with Crippen molar-refractivity contribution in [3.05, 3.63) is 24.1 Å². The predicted octanol–water partition coefficient (Wildman–Crippen LogP) is 0.625. The van der Waals surface area contributed by atoms with Crippen LogP contribution in [0, 0.1) is 5.82 Å². The molecular weight excluding hydrogens is 245 g/mol. The van der Waals surface area contributed by atoms with Crippen molar-refractivity contribution in [1.82, 2.24) is 9.71 Å². The number of aromatic nitrogens is 1. The molecule has 0 radical (unpaired) electrons. The lowest BCUT2D eigenvalue weighted by atomic mass is 10.1. The Morgan fingerprint density at radius 3 is 2.71 bits per heavy atom. The Balaban J connectivity index is 2.86. The first-order valence-corrected chi connectivity index (χ1v) is 6.69. The van der Waals surface area contributed by atoms with Gasteiger partial charge in [-0.2, -0.15) is 0 Å². The van der Waals surface area contributed by atoms with Crippen molar-refractivity contribution in [2.24, 2.45) is 5.73 Å². The van der Waals surface area contributed by atoms with Crippen molar-refractivity contribution < 1.29 is 12.8 Å². The van der Waals surface area contributed by atoms with Crippen LogP contribution in [0.2, 0.25) is 0 Å². The highest BCUT2D eigenvalue weighted by Gasteiger charge is 2.22. The van der Waals surface area contributed by atoms with Crippen molar-refractivity contribution in [2.75, 3.05) is 0 Å².